The Morgan fingerprint density at radius 3 is 2.69 bits per heavy atom. The molecule has 0 saturated carbocycles. The first-order chi connectivity index (χ1) is 7.60. The summed E-state index contributed by atoms with van der Waals surface area (Å²) in [6.07, 6.45) is 0.551. The maximum Gasteiger partial charge on any atom is 0.0643 e. The van der Waals surface area contributed by atoms with Gasteiger partial charge >= 0.3 is 0 Å². The Balaban J connectivity index is 2.89. The highest BCUT2D eigenvalue weighted by molar-refractivity contribution is 9.08. The van der Waals surface area contributed by atoms with E-state index >= 15 is 0 Å². The highest BCUT2D eigenvalue weighted by Crippen LogP contribution is 2.22. The molecule has 0 amide bonds. The van der Waals surface area contributed by atoms with Gasteiger partial charge in [0, 0.05) is 24.1 Å². The van der Waals surface area contributed by atoms with Gasteiger partial charge in [0.05, 0.1) is 12.5 Å². The minimum absolute atomic E-state index is 0.249. The lowest BCUT2D eigenvalue weighted by molar-refractivity contribution is 0.702. The quantitative estimate of drug-likeness (QED) is 0.788. The highest BCUT2D eigenvalue weighted by Gasteiger charge is 2.10. The summed E-state index contributed by atoms with van der Waals surface area (Å²) in [5.74, 6) is 0. The number of hydrogen-bond donors (Lipinski definition) is 0. The molecule has 3 heteroatoms. The van der Waals surface area contributed by atoms with Crippen LogP contribution in [-0.4, -0.2) is 13.1 Å². The molecule has 0 aliphatic rings. The minimum atomic E-state index is 0.249. The van der Waals surface area contributed by atoms with Crippen molar-refractivity contribution in [1.82, 2.24) is 0 Å². The fraction of sp³-hybridized carbons (Fsp3) is 0.462. The second-order valence-corrected chi connectivity index (χ2v) is 4.63. The zero-order chi connectivity index (χ0) is 12.1. The van der Waals surface area contributed by atoms with Crippen molar-refractivity contribution in [1.29, 1.82) is 5.26 Å². The normalized spacial score (nSPS) is 11.9. The van der Waals surface area contributed by atoms with E-state index in [1.807, 2.05) is 7.05 Å². The molecule has 86 valence electrons. The van der Waals surface area contributed by atoms with E-state index in [0.29, 0.717) is 6.42 Å². The summed E-state index contributed by atoms with van der Waals surface area (Å²) in [6.45, 7) is 4.18. The number of anilines is 1. The first kappa shape index (κ1) is 13.1. The number of benzene rings is 1. The lowest BCUT2D eigenvalue weighted by atomic mass is 10.1. The molecule has 0 radical (unpaired) electrons. The molecular formula is C13H17BrN2. The summed E-state index contributed by atoms with van der Waals surface area (Å²) in [5, 5.41) is 9.57. The van der Waals surface area contributed by atoms with Crippen molar-refractivity contribution in [2.24, 2.45) is 0 Å². The van der Waals surface area contributed by atoms with Gasteiger partial charge in [-0.25, -0.2) is 0 Å². The van der Waals surface area contributed by atoms with E-state index in [9.17, 15) is 0 Å². The number of hydrogen-bond acceptors (Lipinski definition) is 2. The molecule has 1 atom stereocenters. The van der Waals surface area contributed by atoms with Gasteiger partial charge in [-0.15, -0.1) is 0 Å². The van der Waals surface area contributed by atoms with Gasteiger partial charge in [0.25, 0.3) is 0 Å². The maximum absolute atomic E-state index is 8.69. The Morgan fingerprint density at radius 2 is 2.19 bits per heavy atom. The van der Waals surface area contributed by atoms with Crippen molar-refractivity contribution in [2.75, 3.05) is 11.9 Å². The Bertz CT molecular complexity index is 395. The third kappa shape index (κ3) is 2.99. The second kappa shape index (κ2) is 5.91. The average molecular weight is 281 g/mol. The third-order valence-corrected chi connectivity index (χ3v) is 3.53. The van der Waals surface area contributed by atoms with Crippen LogP contribution in [0.15, 0.2) is 18.2 Å². The van der Waals surface area contributed by atoms with Crippen molar-refractivity contribution in [2.45, 2.75) is 31.6 Å². The van der Waals surface area contributed by atoms with Gasteiger partial charge in [-0.05, 0) is 37.1 Å². The first-order valence-electron chi connectivity index (χ1n) is 5.35. The predicted octanol–water partition coefficient (Wildman–Crippen LogP) is 3.63. The SMILES string of the molecule is Cc1cc(N(C)C(C)CC#N)ccc1CBr. The van der Waals surface area contributed by atoms with Gasteiger partial charge in [0.1, 0.15) is 0 Å². The van der Waals surface area contributed by atoms with E-state index in [4.69, 9.17) is 5.26 Å². The molecule has 1 unspecified atom stereocenters. The molecular weight excluding hydrogens is 264 g/mol. The zero-order valence-corrected chi connectivity index (χ0v) is 11.6. The van der Waals surface area contributed by atoms with E-state index in [1.165, 1.54) is 16.8 Å². The van der Waals surface area contributed by atoms with E-state index in [2.05, 4.69) is 58.9 Å². The van der Waals surface area contributed by atoms with Gasteiger partial charge in [-0.3, -0.25) is 0 Å². The number of aryl methyl sites for hydroxylation is 1. The van der Waals surface area contributed by atoms with Crippen molar-refractivity contribution in [3.63, 3.8) is 0 Å². The van der Waals surface area contributed by atoms with E-state index in [0.717, 1.165) is 5.33 Å². The van der Waals surface area contributed by atoms with Crippen molar-refractivity contribution in [3.05, 3.63) is 29.3 Å². The van der Waals surface area contributed by atoms with Crippen molar-refractivity contribution < 1.29 is 0 Å². The van der Waals surface area contributed by atoms with Gasteiger partial charge < -0.3 is 4.90 Å². The molecule has 2 nitrogen and oxygen atoms in total. The molecule has 1 aromatic rings. The van der Waals surface area contributed by atoms with Crippen molar-refractivity contribution in [3.8, 4) is 6.07 Å². The molecule has 0 aliphatic heterocycles. The lowest BCUT2D eigenvalue weighted by Crippen LogP contribution is -2.28. The van der Waals surface area contributed by atoms with Gasteiger partial charge in [0.2, 0.25) is 0 Å². The van der Waals surface area contributed by atoms with Gasteiger partial charge in [0.15, 0.2) is 0 Å². The van der Waals surface area contributed by atoms with Crippen LogP contribution < -0.4 is 4.90 Å². The molecule has 0 N–H and O–H groups in total. The van der Waals surface area contributed by atoms with Crippen LogP contribution >= 0.6 is 15.9 Å². The zero-order valence-electron chi connectivity index (χ0n) is 10.00. The maximum atomic E-state index is 8.69. The molecule has 0 saturated heterocycles. The van der Waals surface area contributed by atoms with Crippen LogP contribution in [0.3, 0.4) is 0 Å². The molecule has 0 heterocycles. The van der Waals surface area contributed by atoms with Crippen LogP contribution in [0.2, 0.25) is 0 Å². The van der Waals surface area contributed by atoms with Crippen LogP contribution in [-0.2, 0) is 5.33 Å². The highest BCUT2D eigenvalue weighted by atomic mass is 79.9. The number of rotatable bonds is 4. The topological polar surface area (TPSA) is 27.0 Å². The molecule has 0 fully saturated rings. The molecule has 1 aromatic carbocycles. The molecule has 0 bridgehead atoms. The lowest BCUT2D eigenvalue weighted by Gasteiger charge is -2.25. The van der Waals surface area contributed by atoms with Crippen LogP contribution in [0.25, 0.3) is 0 Å². The van der Waals surface area contributed by atoms with Gasteiger partial charge in [-0.2, -0.15) is 5.26 Å². The summed E-state index contributed by atoms with van der Waals surface area (Å²) in [5.41, 5.74) is 3.76. The molecule has 1 rings (SSSR count). The minimum Gasteiger partial charge on any atom is -0.371 e. The molecule has 16 heavy (non-hydrogen) atoms. The summed E-state index contributed by atoms with van der Waals surface area (Å²) in [4.78, 5) is 2.15. The number of alkyl halides is 1. The van der Waals surface area contributed by atoms with Crippen LogP contribution in [0.4, 0.5) is 5.69 Å². The molecule has 0 spiro atoms. The number of halogens is 1. The van der Waals surface area contributed by atoms with Crippen LogP contribution in [0, 0.1) is 18.3 Å². The Hall–Kier alpha value is -1.01. The summed E-state index contributed by atoms with van der Waals surface area (Å²) >= 11 is 3.47. The van der Waals surface area contributed by atoms with E-state index in [-0.39, 0.29) is 6.04 Å². The summed E-state index contributed by atoms with van der Waals surface area (Å²) in [7, 11) is 2.03. The Kier molecular flexibility index (Phi) is 4.82. The first-order valence-corrected chi connectivity index (χ1v) is 6.47. The molecule has 0 aromatic heterocycles. The fourth-order valence-corrected chi connectivity index (χ4v) is 2.20. The smallest absolute Gasteiger partial charge is 0.0643 e. The summed E-state index contributed by atoms with van der Waals surface area (Å²) < 4.78 is 0. The van der Waals surface area contributed by atoms with Gasteiger partial charge in [-0.1, -0.05) is 22.0 Å². The average Bonchev–Trinajstić information content (AvgIpc) is 2.28. The third-order valence-electron chi connectivity index (χ3n) is 2.93. The van der Waals surface area contributed by atoms with E-state index in [1.54, 1.807) is 0 Å². The Labute approximate surface area is 106 Å². The second-order valence-electron chi connectivity index (χ2n) is 4.07. The predicted molar refractivity (Wildman–Crippen MR) is 71.9 cm³/mol. The Morgan fingerprint density at radius 1 is 1.50 bits per heavy atom. The molecule has 0 aliphatic carbocycles. The summed E-state index contributed by atoms with van der Waals surface area (Å²) in [6, 6.07) is 8.87. The number of nitriles is 1. The van der Waals surface area contributed by atoms with Crippen molar-refractivity contribution >= 4 is 21.6 Å². The standard InChI is InChI=1S/C13H17BrN2/c1-10-8-13(5-4-12(10)9-14)16(3)11(2)6-7-15/h4-5,8,11H,6,9H2,1-3H3. The van der Waals surface area contributed by atoms with Crippen LogP contribution in [0.5, 0.6) is 0 Å². The van der Waals surface area contributed by atoms with Crippen LogP contribution in [0.1, 0.15) is 24.5 Å². The van der Waals surface area contributed by atoms with E-state index < -0.39 is 0 Å². The fourth-order valence-electron chi connectivity index (χ4n) is 1.57. The number of nitrogens with zero attached hydrogens (tertiary/aromatic N) is 2. The largest absolute Gasteiger partial charge is 0.371 e. The monoisotopic (exact) mass is 280 g/mol.